The molecule has 1 heterocycles. The summed E-state index contributed by atoms with van der Waals surface area (Å²) in [5, 5.41) is 4.13. The topological polar surface area (TPSA) is 73.8 Å². The Morgan fingerprint density at radius 1 is 1.59 bits per heavy atom. The molecule has 17 heavy (non-hydrogen) atoms. The molecular weight excluding hydrogens is 216 g/mol. The molecule has 0 unspecified atom stereocenters. The van der Waals surface area contributed by atoms with E-state index in [0.29, 0.717) is 13.0 Å². The maximum atomic E-state index is 12.2. The highest BCUT2D eigenvalue weighted by Gasteiger charge is 2.42. The van der Waals surface area contributed by atoms with Crippen molar-refractivity contribution in [1.29, 1.82) is 0 Å². The summed E-state index contributed by atoms with van der Waals surface area (Å²) >= 11 is 0. The van der Waals surface area contributed by atoms with Crippen molar-refractivity contribution in [3.05, 3.63) is 12.2 Å². The van der Waals surface area contributed by atoms with Crippen molar-refractivity contribution in [3.8, 4) is 0 Å². The van der Waals surface area contributed by atoms with Gasteiger partial charge < -0.3 is 5.73 Å². The molecule has 1 aliphatic carbocycles. The Balaban J connectivity index is 2.05. The first-order chi connectivity index (χ1) is 8.22. The number of nitrogens with zero attached hydrogens (tertiary/aromatic N) is 3. The SMILES string of the molecule is CCCn1ncnc1CC(=O)C1(CN)CCC1. The summed E-state index contributed by atoms with van der Waals surface area (Å²) < 4.78 is 1.82. The highest BCUT2D eigenvalue weighted by atomic mass is 16.1. The molecular formula is C12H20N4O. The quantitative estimate of drug-likeness (QED) is 0.797. The normalized spacial score (nSPS) is 17.8. The lowest BCUT2D eigenvalue weighted by Gasteiger charge is -2.39. The Bertz CT molecular complexity index is 389. The maximum Gasteiger partial charge on any atom is 0.147 e. The van der Waals surface area contributed by atoms with Gasteiger partial charge in [0.05, 0.1) is 6.42 Å². The summed E-state index contributed by atoms with van der Waals surface area (Å²) in [5.41, 5.74) is 5.47. The lowest BCUT2D eigenvalue weighted by Crippen LogP contribution is -2.45. The smallest absolute Gasteiger partial charge is 0.147 e. The van der Waals surface area contributed by atoms with Gasteiger partial charge in [0.25, 0.3) is 0 Å². The third-order valence-electron chi connectivity index (χ3n) is 3.74. The van der Waals surface area contributed by atoms with Crippen molar-refractivity contribution >= 4 is 5.78 Å². The maximum absolute atomic E-state index is 12.2. The van der Waals surface area contributed by atoms with Crippen molar-refractivity contribution in [3.63, 3.8) is 0 Å². The molecule has 0 amide bonds. The van der Waals surface area contributed by atoms with Gasteiger partial charge in [0, 0.05) is 18.5 Å². The van der Waals surface area contributed by atoms with Crippen LogP contribution in [0.3, 0.4) is 0 Å². The highest BCUT2D eigenvalue weighted by Crippen LogP contribution is 2.41. The zero-order chi connectivity index (χ0) is 12.3. The van der Waals surface area contributed by atoms with Crippen LogP contribution >= 0.6 is 0 Å². The Labute approximate surface area is 101 Å². The van der Waals surface area contributed by atoms with Gasteiger partial charge in [-0.2, -0.15) is 5.10 Å². The van der Waals surface area contributed by atoms with Gasteiger partial charge in [0.1, 0.15) is 17.9 Å². The lowest BCUT2D eigenvalue weighted by molar-refractivity contribution is -0.132. The summed E-state index contributed by atoms with van der Waals surface area (Å²) in [7, 11) is 0. The monoisotopic (exact) mass is 236 g/mol. The van der Waals surface area contributed by atoms with Crippen LogP contribution in [0.2, 0.25) is 0 Å². The van der Waals surface area contributed by atoms with E-state index in [9.17, 15) is 4.79 Å². The number of hydrogen-bond donors (Lipinski definition) is 1. The average molecular weight is 236 g/mol. The van der Waals surface area contributed by atoms with Gasteiger partial charge in [-0.15, -0.1) is 0 Å². The molecule has 1 fully saturated rings. The Morgan fingerprint density at radius 3 is 2.88 bits per heavy atom. The third-order valence-corrected chi connectivity index (χ3v) is 3.74. The van der Waals surface area contributed by atoms with Crippen molar-refractivity contribution in [1.82, 2.24) is 14.8 Å². The number of hydrogen-bond acceptors (Lipinski definition) is 4. The number of carbonyl (C=O) groups excluding carboxylic acids is 1. The minimum atomic E-state index is -0.261. The molecule has 5 heteroatoms. The lowest BCUT2D eigenvalue weighted by atomic mass is 9.65. The first-order valence-electron chi connectivity index (χ1n) is 6.32. The van der Waals surface area contributed by atoms with Crippen molar-refractivity contribution in [2.24, 2.45) is 11.1 Å². The van der Waals surface area contributed by atoms with E-state index < -0.39 is 0 Å². The molecule has 2 rings (SSSR count). The van der Waals surface area contributed by atoms with Crippen LogP contribution in [0.25, 0.3) is 0 Å². The Kier molecular flexibility index (Phi) is 3.57. The van der Waals surface area contributed by atoms with Crippen molar-refractivity contribution in [2.75, 3.05) is 6.54 Å². The summed E-state index contributed by atoms with van der Waals surface area (Å²) in [5.74, 6) is 1.01. The van der Waals surface area contributed by atoms with Crippen LogP contribution in [0.1, 0.15) is 38.4 Å². The van der Waals surface area contributed by atoms with Crippen LogP contribution in [0.15, 0.2) is 6.33 Å². The molecule has 1 aromatic heterocycles. The zero-order valence-corrected chi connectivity index (χ0v) is 10.4. The molecule has 1 saturated carbocycles. The second-order valence-corrected chi connectivity index (χ2v) is 4.84. The first-order valence-corrected chi connectivity index (χ1v) is 6.32. The molecule has 1 aliphatic rings. The van der Waals surface area contributed by atoms with E-state index in [-0.39, 0.29) is 11.2 Å². The van der Waals surface area contributed by atoms with Gasteiger partial charge in [-0.25, -0.2) is 9.67 Å². The summed E-state index contributed by atoms with van der Waals surface area (Å²) in [6, 6.07) is 0. The van der Waals surface area contributed by atoms with Crippen LogP contribution in [0, 0.1) is 5.41 Å². The van der Waals surface area contributed by atoms with E-state index in [0.717, 1.165) is 38.1 Å². The molecule has 2 N–H and O–H groups in total. The van der Waals surface area contributed by atoms with Gasteiger partial charge in [0.15, 0.2) is 0 Å². The van der Waals surface area contributed by atoms with E-state index in [2.05, 4.69) is 17.0 Å². The molecule has 94 valence electrons. The number of aryl methyl sites for hydroxylation is 1. The summed E-state index contributed by atoms with van der Waals surface area (Å²) in [4.78, 5) is 16.4. The van der Waals surface area contributed by atoms with E-state index in [1.54, 1.807) is 0 Å². The first kappa shape index (κ1) is 12.2. The Hall–Kier alpha value is -1.23. The molecule has 0 bridgehead atoms. The number of ketones is 1. The minimum Gasteiger partial charge on any atom is -0.329 e. The van der Waals surface area contributed by atoms with Crippen molar-refractivity contribution < 1.29 is 4.79 Å². The van der Waals surface area contributed by atoms with Crippen LogP contribution in [-0.4, -0.2) is 27.1 Å². The van der Waals surface area contributed by atoms with Crippen LogP contribution in [-0.2, 0) is 17.8 Å². The largest absolute Gasteiger partial charge is 0.329 e. The average Bonchev–Trinajstić information content (AvgIpc) is 2.66. The van der Waals surface area contributed by atoms with Crippen LogP contribution < -0.4 is 5.73 Å². The Morgan fingerprint density at radius 2 is 2.35 bits per heavy atom. The number of Topliss-reactive ketones (excluding diaryl/α,β-unsaturated/α-hetero) is 1. The molecule has 0 aliphatic heterocycles. The summed E-state index contributed by atoms with van der Waals surface area (Å²) in [6.07, 6.45) is 5.87. The van der Waals surface area contributed by atoms with E-state index >= 15 is 0 Å². The predicted molar refractivity (Wildman–Crippen MR) is 64.4 cm³/mol. The highest BCUT2D eigenvalue weighted by molar-refractivity contribution is 5.87. The van der Waals surface area contributed by atoms with Crippen LogP contribution in [0.4, 0.5) is 0 Å². The molecule has 0 aromatic carbocycles. The molecule has 0 radical (unpaired) electrons. The molecule has 1 aromatic rings. The second kappa shape index (κ2) is 4.96. The van der Waals surface area contributed by atoms with Gasteiger partial charge in [-0.3, -0.25) is 4.79 Å². The fourth-order valence-corrected chi connectivity index (χ4v) is 2.36. The molecule has 0 saturated heterocycles. The molecule has 0 spiro atoms. The summed E-state index contributed by atoms with van der Waals surface area (Å²) in [6.45, 7) is 3.37. The number of aromatic nitrogens is 3. The fraction of sp³-hybridized carbons (Fsp3) is 0.750. The van der Waals surface area contributed by atoms with Gasteiger partial charge >= 0.3 is 0 Å². The van der Waals surface area contributed by atoms with Crippen LogP contribution in [0.5, 0.6) is 0 Å². The number of carbonyl (C=O) groups is 1. The zero-order valence-electron chi connectivity index (χ0n) is 10.4. The molecule has 0 atom stereocenters. The minimum absolute atomic E-state index is 0.233. The third kappa shape index (κ3) is 2.24. The fourth-order valence-electron chi connectivity index (χ4n) is 2.36. The van der Waals surface area contributed by atoms with E-state index in [1.165, 1.54) is 6.33 Å². The van der Waals surface area contributed by atoms with Gasteiger partial charge in [0.2, 0.25) is 0 Å². The van der Waals surface area contributed by atoms with Gasteiger partial charge in [-0.1, -0.05) is 13.3 Å². The van der Waals surface area contributed by atoms with Gasteiger partial charge in [-0.05, 0) is 19.3 Å². The predicted octanol–water partition coefficient (Wildman–Crippen LogP) is 0.929. The standard InChI is InChI=1S/C12H20N4O/c1-2-6-16-11(14-9-15-16)7-10(17)12(8-13)4-3-5-12/h9H,2-8,13H2,1H3. The molecule has 5 nitrogen and oxygen atoms in total. The number of rotatable bonds is 6. The van der Waals surface area contributed by atoms with Crippen molar-refractivity contribution in [2.45, 2.75) is 45.6 Å². The second-order valence-electron chi connectivity index (χ2n) is 4.84. The van der Waals surface area contributed by atoms with E-state index in [4.69, 9.17) is 5.73 Å². The number of nitrogens with two attached hydrogens (primary N) is 1. The van der Waals surface area contributed by atoms with E-state index in [1.807, 2.05) is 4.68 Å².